The highest BCUT2D eigenvalue weighted by molar-refractivity contribution is 7.96. The first kappa shape index (κ1) is 6.56. The Balaban J connectivity index is 3.07. The average Bonchev–Trinajstić information content (AvgIpc) is 1.88. The van der Waals surface area contributed by atoms with Gasteiger partial charge in [0, 0.05) is 0 Å². The lowest BCUT2D eigenvalue weighted by molar-refractivity contribution is 1.37. The lowest BCUT2D eigenvalue weighted by Crippen LogP contribution is -1.69. The SMILES string of the molecule is C=[SH]c1cccc(C)c1. The van der Waals surface area contributed by atoms with Crippen molar-refractivity contribution in [3.63, 3.8) is 0 Å². The Morgan fingerprint density at radius 3 is 2.67 bits per heavy atom. The highest BCUT2D eigenvalue weighted by atomic mass is 32.1. The van der Waals surface area contributed by atoms with Gasteiger partial charge in [0.2, 0.25) is 0 Å². The van der Waals surface area contributed by atoms with Crippen molar-refractivity contribution in [3.05, 3.63) is 29.8 Å². The summed E-state index contributed by atoms with van der Waals surface area (Å²) in [4.78, 5) is 1.29. The number of hydrogen-bond donors (Lipinski definition) is 1. The van der Waals surface area contributed by atoms with Gasteiger partial charge in [-0.15, -0.1) is 0 Å². The zero-order valence-electron chi connectivity index (χ0n) is 5.46. The predicted octanol–water partition coefficient (Wildman–Crippen LogP) is 2.25. The van der Waals surface area contributed by atoms with Gasteiger partial charge in [-0.05, 0) is 24.0 Å². The number of aryl methyl sites for hydroxylation is 1. The van der Waals surface area contributed by atoms with E-state index in [4.69, 9.17) is 0 Å². The fraction of sp³-hybridized carbons (Fsp3) is 0.125. The first-order valence-corrected chi connectivity index (χ1v) is 3.94. The predicted molar refractivity (Wildman–Crippen MR) is 45.6 cm³/mol. The number of rotatable bonds is 1. The van der Waals surface area contributed by atoms with Gasteiger partial charge in [-0.3, -0.25) is 0 Å². The molecular weight excluding hydrogens is 128 g/mol. The van der Waals surface area contributed by atoms with Crippen LogP contribution in [0.25, 0.3) is 0 Å². The molecule has 1 heteroatoms. The van der Waals surface area contributed by atoms with E-state index in [1.807, 2.05) is 0 Å². The molecule has 0 aliphatic carbocycles. The monoisotopic (exact) mass is 138 g/mol. The van der Waals surface area contributed by atoms with Crippen LogP contribution in [0, 0.1) is 6.92 Å². The van der Waals surface area contributed by atoms with Crippen LogP contribution < -0.4 is 0 Å². The van der Waals surface area contributed by atoms with Crippen LogP contribution in [-0.4, -0.2) is 5.87 Å². The van der Waals surface area contributed by atoms with Gasteiger partial charge in [-0.1, -0.05) is 23.6 Å². The van der Waals surface area contributed by atoms with E-state index in [1.165, 1.54) is 10.5 Å². The largest absolute Gasteiger partial charge is 0.177 e. The van der Waals surface area contributed by atoms with Crippen LogP contribution >= 0.6 is 11.4 Å². The van der Waals surface area contributed by atoms with E-state index in [0.717, 1.165) is 11.4 Å². The van der Waals surface area contributed by atoms with E-state index < -0.39 is 0 Å². The second kappa shape index (κ2) is 2.83. The van der Waals surface area contributed by atoms with E-state index in [0.29, 0.717) is 0 Å². The van der Waals surface area contributed by atoms with Crippen molar-refractivity contribution >= 4 is 17.2 Å². The van der Waals surface area contributed by atoms with Crippen LogP contribution in [-0.2, 0) is 0 Å². The molecule has 0 spiro atoms. The van der Waals surface area contributed by atoms with Crippen LogP contribution in [0.3, 0.4) is 0 Å². The number of benzene rings is 1. The molecular formula is C8H10S. The highest BCUT2D eigenvalue weighted by Gasteiger charge is 1.83. The van der Waals surface area contributed by atoms with Crippen molar-refractivity contribution in [2.75, 3.05) is 0 Å². The zero-order valence-corrected chi connectivity index (χ0v) is 6.36. The normalized spacial score (nSPS) is 9.44. The van der Waals surface area contributed by atoms with Crippen LogP contribution in [0.1, 0.15) is 5.56 Å². The van der Waals surface area contributed by atoms with Crippen molar-refractivity contribution in [3.8, 4) is 0 Å². The number of hydrogen-bond acceptors (Lipinski definition) is 0. The lowest BCUT2D eigenvalue weighted by Gasteiger charge is -1.92. The zero-order chi connectivity index (χ0) is 6.69. The van der Waals surface area contributed by atoms with Gasteiger partial charge in [0.1, 0.15) is 0 Å². The Bertz CT molecular complexity index is 216. The van der Waals surface area contributed by atoms with Gasteiger partial charge in [-0.2, -0.15) is 11.4 Å². The Morgan fingerprint density at radius 2 is 2.22 bits per heavy atom. The summed E-state index contributed by atoms with van der Waals surface area (Å²) in [6.07, 6.45) is 0. The Labute approximate surface area is 59.5 Å². The van der Waals surface area contributed by atoms with E-state index in [1.54, 1.807) is 0 Å². The topological polar surface area (TPSA) is 0 Å². The molecule has 0 aliphatic heterocycles. The fourth-order valence-electron chi connectivity index (χ4n) is 0.726. The molecule has 0 saturated heterocycles. The van der Waals surface area contributed by atoms with Gasteiger partial charge in [0.05, 0.1) is 0 Å². The molecule has 1 aromatic carbocycles. The fourth-order valence-corrected chi connectivity index (χ4v) is 1.21. The molecule has 0 aliphatic rings. The van der Waals surface area contributed by atoms with E-state index in [2.05, 4.69) is 37.1 Å². The van der Waals surface area contributed by atoms with Crippen LogP contribution in [0.15, 0.2) is 29.2 Å². The maximum absolute atomic E-state index is 3.77. The first-order chi connectivity index (χ1) is 4.33. The molecule has 0 nitrogen and oxygen atoms in total. The summed E-state index contributed by atoms with van der Waals surface area (Å²) in [5, 5.41) is 0. The van der Waals surface area contributed by atoms with E-state index >= 15 is 0 Å². The number of thiol groups is 1. The van der Waals surface area contributed by atoms with Gasteiger partial charge in [0.25, 0.3) is 0 Å². The molecule has 0 fully saturated rings. The molecule has 0 atom stereocenters. The molecule has 1 rings (SSSR count). The summed E-state index contributed by atoms with van der Waals surface area (Å²) in [5.41, 5.74) is 1.31. The third-order valence-electron chi connectivity index (χ3n) is 1.18. The van der Waals surface area contributed by atoms with Crippen molar-refractivity contribution in [2.24, 2.45) is 0 Å². The summed E-state index contributed by atoms with van der Waals surface area (Å²) < 4.78 is 0. The maximum atomic E-state index is 3.77. The molecule has 0 unspecified atom stereocenters. The van der Waals surface area contributed by atoms with E-state index in [-0.39, 0.29) is 0 Å². The second-order valence-corrected chi connectivity index (χ2v) is 2.83. The summed E-state index contributed by atoms with van der Waals surface area (Å²) in [6.45, 7) is 2.09. The highest BCUT2D eigenvalue weighted by Crippen LogP contribution is 2.09. The van der Waals surface area contributed by atoms with Gasteiger partial charge < -0.3 is 0 Å². The summed E-state index contributed by atoms with van der Waals surface area (Å²) >= 11 is 1.10. The van der Waals surface area contributed by atoms with Gasteiger partial charge in [0.15, 0.2) is 0 Å². The molecule has 9 heavy (non-hydrogen) atoms. The molecule has 48 valence electrons. The standard InChI is InChI=1S/C8H10S/c1-7-4-3-5-8(6-7)9-2/h3-6,9H,2H2,1H3. The Morgan fingerprint density at radius 1 is 1.44 bits per heavy atom. The van der Waals surface area contributed by atoms with Crippen molar-refractivity contribution < 1.29 is 0 Å². The molecule has 0 heterocycles. The van der Waals surface area contributed by atoms with Crippen molar-refractivity contribution in [1.82, 2.24) is 0 Å². The lowest BCUT2D eigenvalue weighted by atomic mass is 10.2. The summed E-state index contributed by atoms with van der Waals surface area (Å²) in [6, 6.07) is 8.38. The summed E-state index contributed by atoms with van der Waals surface area (Å²) in [5.74, 6) is 3.77. The smallest absolute Gasteiger partial charge is 0.00146 e. The van der Waals surface area contributed by atoms with Crippen LogP contribution in [0.5, 0.6) is 0 Å². The molecule has 0 aromatic heterocycles. The molecule has 1 aromatic rings. The Hall–Kier alpha value is -0.560. The summed E-state index contributed by atoms with van der Waals surface area (Å²) in [7, 11) is 0. The van der Waals surface area contributed by atoms with Crippen LogP contribution in [0.4, 0.5) is 0 Å². The minimum absolute atomic E-state index is 1.10. The first-order valence-electron chi connectivity index (χ1n) is 2.86. The minimum atomic E-state index is 1.10. The third kappa shape index (κ3) is 1.68. The maximum Gasteiger partial charge on any atom is -0.00146 e. The van der Waals surface area contributed by atoms with Crippen LogP contribution in [0.2, 0.25) is 0 Å². The Kier molecular flexibility index (Phi) is 2.06. The molecule has 0 radical (unpaired) electrons. The molecule has 0 amide bonds. The van der Waals surface area contributed by atoms with Crippen molar-refractivity contribution in [1.29, 1.82) is 0 Å². The second-order valence-electron chi connectivity index (χ2n) is 2.00. The van der Waals surface area contributed by atoms with Crippen molar-refractivity contribution in [2.45, 2.75) is 11.8 Å². The van der Waals surface area contributed by atoms with E-state index in [9.17, 15) is 0 Å². The minimum Gasteiger partial charge on any atom is -0.177 e. The third-order valence-corrected chi connectivity index (χ3v) is 1.83. The van der Waals surface area contributed by atoms with Gasteiger partial charge >= 0.3 is 0 Å². The quantitative estimate of drug-likeness (QED) is 0.446. The average molecular weight is 138 g/mol. The van der Waals surface area contributed by atoms with Gasteiger partial charge in [-0.25, -0.2) is 0 Å². The molecule has 0 bridgehead atoms. The molecule has 0 N–H and O–H groups in total. The molecule has 0 saturated carbocycles.